The first-order valence-corrected chi connectivity index (χ1v) is 5.55. The van der Waals surface area contributed by atoms with Gasteiger partial charge in [-0.15, -0.1) is 0 Å². The predicted molar refractivity (Wildman–Crippen MR) is 59.2 cm³/mol. The van der Waals surface area contributed by atoms with Gasteiger partial charge in [0.25, 0.3) is 0 Å². The summed E-state index contributed by atoms with van der Waals surface area (Å²) >= 11 is 0. The maximum Gasteiger partial charge on any atom is 0.410 e. The molecule has 0 unspecified atom stereocenters. The fraction of sp³-hybridized carbons (Fsp3) is 0.909. The van der Waals surface area contributed by atoms with Crippen LogP contribution in [0.3, 0.4) is 0 Å². The van der Waals surface area contributed by atoms with Gasteiger partial charge < -0.3 is 19.5 Å². The van der Waals surface area contributed by atoms with E-state index in [0.29, 0.717) is 13.2 Å². The van der Waals surface area contributed by atoms with E-state index in [1.807, 2.05) is 27.7 Å². The van der Waals surface area contributed by atoms with Crippen LogP contribution in [0.15, 0.2) is 0 Å². The number of hydrogen-bond donors (Lipinski definition) is 1. The molecule has 0 aromatic heterocycles. The number of aliphatic hydroxyl groups is 1. The largest absolute Gasteiger partial charge is 0.444 e. The molecule has 0 spiro atoms. The van der Waals surface area contributed by atoms with E-state index in [9.17, 15) is 4.79 Å². The topological polar surface area (TPSA) is 59.0 Å². The van der Waals surface area contributed by atoms with Crippen molar-refractivity contribution in [1.82, 2.24) is 4.90 Å². The van der Waals surface area contributed by atoms with Crippen LogP contribution in [0.1, 0.15) is 27.7 Å². The third-order valence-corrected chi connectivity index (χ3v) is 2.34. The molecule has 2 atom stereocenters. The SMILES string of the molecule is C[C@@H]1CO[C@@H](CO)CN1C(=O)OC(C)(C)C. The lowest BCUT2D eigenvalue weighted by Crippen LogP contribution is -2.53. The Labute approximate surface area is 96.3 Å². The molecule has 1 heterocycles. The van der Waals surface area contributed by atoms with Crippen LogP contribution < -0.4 is 0 Å². The number of aliphatic hydroxyl groups excluding tert-OH is 1. The Balaban J connectivity index is 2.59. The van der Waals surface area contributed by atoms with Crippen LogP contribution >= 0.6 is 0 Å². The lowest BCUT2D eigenvalue weighted by atomic mass is 10.2. The van der Waals surface area contributed by atoms with Crippen molar-refractivity contribution < 1.29 is 19.4 Å². The highest BCUT2D eigenvalue weighted by molar-refractivity contribution is 5.68. The molecule has 1 aliphatic rings. The van der Waals surface area contributed by atoms with Crippen molar-refractivity contribution in [2.75, 3.05) is 19.8 Å². The highest BCUT2D eigenvalue weighted by Gasteiger charge is 2.32. The molecular weight excluding hydrogens is 210 g/mol. The summed E-state index contributed by atoms with van der Waals surface area (Å²) in [6, 6.07) is -0.0161. The maximum absolute atomic E-state index is 11.9. The van der Waals surface area contributed by atoms with Gasteiger partial charge >= 0.3 is 6.09 Å². The van der Waals surface area contributed by atoms with Crippen molar-refractivity contribution >= 4 is 6.09 Å². The normalized spacial score (nSPS) is 26.7. The van der Waals surface area contributed by atoms with Crippen LogP contribution in [0, 0.1) is 0 Å². The monoisotopic (exact) mass is 231 g/mol. The van der Waals surface area contributed by atoms with Crippen LogP contribution in [0.25, 0.3) is 0 Å². The van der Waals surface area contributed by atoms with E-state index in [0.717, 1.165) is 0 Å². The summed E-state index contributed by atoms with van der Waals surface area (Å²) in [5.74, 6) is 0. The van der Waals surface area contributed by atoms with Gasteiger partial charge in [0, 0.05) is 0 Å². The minimum atomic E-state index is -0.496. The number of carbonyl (C=O) groups excluding carboxylic acids is 1. The van der Waals surface area contributed by atoms with Crippen molar-refractivity contribution in [2.24, 2.45) is 0 Å². The molecule has 0 bridgehead atoms. The quantitative estimate of drug-likeness (QED) is 0.731. The highest BCUT2D eigenvalue weighted by Crippen LogP contribution is 2.16. The number of carbonyl (C=O) groups is 1. The summed E-state index contributed by atoms with van der Waals surface area (Å²) in [5.41, 5.74) is -0.496. The van der Waals surface area contributed by atoms with E-state index >= 15 is 0 Å². The van der Waals surface area contributed by atoms with Gasteiger partial charge in [-0.2, -0.15) is 0 Å². The van der Waals surface area contributed by atoms with Crippen LogP contribution in [0.2, 0.25) is 0 Å². The highest BCUT2D eigenvalue weighted by atomic mass is 16.6. The first kappa shape index (κ1) is 13.3. The Morgan fingerprint density at radius 2 is 2.19 bits per heavy atom. The molecule has 5 nitrogen and oxygen atoms in total. The molecule has 1 amide bonds. The molecule has 1 rings (SSSR count). The fourth-order valence-electron chi connectivity index (χ4n) is 1.50. The Morgan fingerprint density at radius 1 is 1.56 bits per heavy atom. The van der Waals surface area contributed by atoms with Crippen molar-refractivity contribution in [3.8, 4) is 0 Å². The molecular formula is C11H21NO4. The average molecular weight is 231 g/mol. The third-order valence-electron chi connectivity index (χ3n) is 2.34. The van der Waals surface area contributed by atoms with Gasteiger partial charge in [0.05, 0.1) is 31.9 Å². The average Bonchev–Trinajstić information content (AvgIpc) is 2.15. The summed E-state index contributed by atoms with van der Waals surface area (Å²) in [6.45, 7) is 8.14. The van der Waals surface area contributed by atoms with Crippen LogP contribution in [0.5, 0.6) is 0 Å². The molecule has 94 valence electrons. The standard InChI is InChI=1S/C11H21NO4/c1-8-7-15-9(6-13)5-12(8)10(14)16-11(2,3)4/h8-9,13H,5-7H2,1-4H3/t8-,9-/m1/s1. The van der Waals surface area contributed by atoms with E-state index in [4.69, 9.17) is 14.6 Å². The summed E-state index contributed by atoms with van der Waals surface area (Å²) in [7, 11) is 0. The number of rotatable bonds is 1. The van der Waals surface area contributed by atoms with Gasteiger partial charge in [0.1, 0.15) is 5.60 Å². The van der Waals surface area contributed by atoms with E-state index in [2.05, 4.69) is 0 Å². The zero-order chi connectivity index (χ0) is 12.3. The van der Waals surface area contributed by atoms with Gasteiger partial charge in [-0.25, -0.2) is 4.79 Å². The van der Waals surface area contributed by atoms with Gasteiger partial charge in [-0.3, -0.25) is 0 Å². The van der Waals surface area contributed by atoms with Crippen LogP contribution in [-0.4, -0.2) is 53.6 Å². The van der Waals surface area contributed by atoms with Crippen molar-refractivity contribution in [3.05, 3.63) is 0 Å². The minimum Gasteiger partial charge on any atom is -0.444 e. The van der Waals surface area contributed by atoms with Crippen molar-refractivity contribution in [1.29, 1.82) is 0 Å². The third kappa shape index (κ3) is 3.64. The minimum absolute atomic E-state index is 0.0161. The van der Waals surface area contributed by atoms with Gasteiger partial charge in [0.2, 0.25) is 0 Å². The van der Waals surface area contributed by atoms with Gasteiger partial charge in [-0.1, -0.05) is 0 Å². The fourth-order valence-corrected chi connectivity index (χ4v) is 1.50. The molecule has 0 radical (unpaired) electrons. The summed E-state index contributed by atoms with van der Waals surface area (Å²) < 4.78 is 10.6. The number of nitrogens with zero attached hydrogens (tertiary/aromatic N) is 1. The van der Waals surface area contributed by atoms with Gasteiger partial charge in [0.15, 0.2) is 0 Å². The van der Waals surface area contributed by atoms with E-state index < -0.39 is 5.60 Å². The lowest BCUT2D eigenvalue weighted by Gasteiger charge is -2.38. The second kappa shape index (κ2) is 5.01. The number of morpholine rings is 1. The first-order chi connectivity index (χ1) is 7.33. The smallest absolute Gasteiger partial charge is 0.410 e. The van der Waals surface area contributed by atoms with E-state index in [1.165, 1.54) is 0 Å². The zero-order valence-electron chi connectivity index (χ0n) is 10.4. The van der Waals surface area contributed by atoms with Gasteiger partial charge in [-0.05, 0) is 27.7 Å². The van der Waals surface area contributed by atoms with Crippen LogP contribution in [0.4, 0.5) is 4.79 Å². The molecule has 0 aliphatic carbocycles. The number of amides is 1. The molecule has 16 heavy (non-hydrogen) atoms. The molecule has 0 aromatic carbocycles. The second-order valence-electron chi connectivity index (χ2n) is 5.12. The molecule has 1 fully saturated rings. The Hall–Kier alpha value is -0.810. The Bertz CT molecular complexity index is 249. The second-order valence-corrected chi connectivity index (χ2v) is 5.12. The first-order valence-electron chi connectivity index (χ1n) is 5.55. The van der Waals surface area contributed by atoms with Crippen LogP contribution in [-0.2, 0) is 9.47 Å². The molecule has 0 aromatic rings. The molecule has 1 saturated heterocycles. The van der Waals surface area contributed by atoms with E-state index in [-0.39, 0.29) is 24.8 Å². The molecule has 0 saturated carbocycles. The Morgan fingerprint density at radius 3 is 2.69 bits per heavy atom. The molecule has 5 heteroatoms. The molecule has 1 N–H and O–H groups in total. The Kier molecular flexibility index (Phi) is 4.15. The number of hydrogen-bond acceptors (Lipinski definition) is 4. The summed E-state index contributed by atoms with van der Waals surface area (Å²) in [4.78, 5) is 13.5. The zero-order valence-corrected chi connectivity index (χ0v) is 10.4. The van der Waals surface area contributed by atoms with Crippen molar-refractivity contribution in [3.63, 3.8) is 0 Å². The van der Waals surface area contributed by atoms with Crippen molar-refractivity contribution in [2.45, 2.75) is 45.4 Å². The maximum atomic E-state index is 11.9. The summed E-state index contributed by atoms with van der Waals surface area (Å²) in [6.07, 6.45) is -0.648. The predicted octanol–water partition coefficient (Wildman–Crippen LogP) is 1.00. The van der Waals surface area contributed by atoms with E-state index in [1.54, 1.807) is 4.90 Å². The lowest BCUT2D eigenvalue weighted by molar-refractivity contribution is -0.0806. The molecule has 1 aliphatic heterocycles. The summed E-state index contributed by atoms with van der Waals surface area (Å²) in [5, 5.41) is 9.01. The number of ether oxygens (including phenoxy) is 2.